The van der Waals surface area contributed by atoms with Gasteiger partial charge < -0.3 is 4.90 Å². The molecule has 1 saturated heterocycles. The van der Waals surface area contributed by atoms with Crippen molar-refractivity contribution in [2.75, 3.05) is 26.2 Å². The molecule has 1 fully saturated rings. The molecule has 0 aromatic heterocycles. The lowest BCUT2D eigenvalue weighted by Gasteiger charge is -2.39. The standard InChI is InChI=1S/C28H30N2O2/c1-22-12-14-23(15-13-22)26(31)16-17-27(32)29-18-20-30(21-19-29)28(24-8-4-2-5-9-24)25-10-6-3-7-11-25/h2-15,28H,16-21H2,1H3. The number of aryl methyl sites for hydroxylation is 1. The first-order valence-electron chi connectivity index (χ1n) is 11.3. The Hall–Kier alpha value is -3.24. The Bertz CT molecular complexity index is 985. The van der Waals surface area contributed by atoms with E-state index >= 15 is 0 Å². The Morgan fingerprint density at radius 1 is 0.719 bits per heavy atom. The molecule has 0 bridgehead atoms. The monoisotopic (exact) mass is 426 g/mol. The van der Waals surface area contributed by atoms with Gasteiger partial charge in [-0.25, -0.2) is 0 Å². The maximum Gasteiger partial charge on any atom is 0.223 e. The van der Waals surface area contributed by atoms with E-state index in [-0.39, 0.29) is 30.6 Å². The molecule has 1 aliphatic heterocycles. The summed E-state index contributed by atoms with van der Waals surface area (Å²) >= 11 is 0. The molecule has 3 aromatic carbocycles. The van der Waals surface area contributed by atoms with Gasteiger partial charge in [0, 0.05) is 44.6 Å². The highest BCUT2D eigenvalue weighted by Gasteiger charge is 2.28. The molecular weight excluding hydrogens is 396 g/mol. The third-order valence-corrected chi connectivity index (χ3v) is 6.20. The second-order valence-corrected chi connectivity index (χ2v) is 8.43. The van der Waals surface area contributed by atoms with Gasteiger partial charge in [0.2, 0.25) is 5.91 Å². The van der Waals surface area contributed by atoms with Gasteiger partial charge in [-0.2, -0.15) is 0 Å². The molecule has 0 aliphatic carbocycles. The maximum atomic E-state index is 12.8. The largest absolute Gasteiger partial charge is 0.340 e. The minimum Gasteiger partial charge on any atom is -0.340 e. The van der Waals surface area contributed by atoms with E-state index in [0.29, 0.717) is 18.7 Å². The van der Waals surface area contributed by atoms with Crippen LogP contribution in [0.5, 0.6) is 0 Å². The van der Waals surface area contributed by atoms with Crippen molar-refractivity contribution in [3.8, 4) is 0 Å². The maximum absolute atomic E-state index is 12.8. The number of benzene rings is 3. The highest BCUT2D eigenvalue weighted by Crippen LogP contribution is 2.29. The summed E-state index contributed by atoms with van der Waals surface area (Å²) in [6.45, 7) is 5.00. The van der Waals surface area contributed by atoms with Gasteiger partial charge in [0.05, 0.1) is 6.04 Å². The highest BCUT2D eigenvalue weighted by molar-refractivity contribution is 5.98. The van der Waals surface area contributed by atoms with Crippen molar-refractivity contribution in [3.05, 3.63) is 107 Å². The summed E-state index contributed by atoms with van der Waals surface area (Å²) in [5.74, 6) is 0.103. The van der Waals surface area contributed by atoms with E-state index in [0.717, 1.165) is 18.7 Å². The van der Waals surface area contributed by atoms with Crippen LogP contribution in [0, 0.1) is 6.92 Å². The van der Waals surface area contributed by atoms with E-state index < -0.39 is 0 Å². The Morgan fingerprint density at radius 2 is 1.25 bits per heavy atom. The number of carbonyl (C=O) groups excluding carboxylic acids is 2. The van der Waals surface area contributed by atoms with Crippen LogP contribution in [0.4, 0.5) is 0 Å². The van der Waals surface area contributed by atoms with E-state index in [4.69, 9.17) is 0 Å². The van der Waals surface area contributed by atoms with Crippen molar-refractivity contribution < 1.29 is 9.59 Å². The highest BCUT2D eigenvalue weighted by atomic mass is 16.2. The topological polar surface area (TPSA) is 40.6 Å². The van der Waals surface area contributed by atoms with Gasteiger partial charge >= 0.3 is 0 Å². The Kier molecular flexibility index (Phi) is 7.13. The van der Waals surface area contributed by atoms with Crippen LogP contribution in [0.1, 0.15) is 45.9 Å². The van der Waals surface area contributed by atoms with Crippen LogP contribution in [0.3, 0.4) is 0 Å². The van der Waals surface area contributed by atoms with E-state index in [9.17, 15) is 9.59 Å². The summed E-state index contributed by atoms with van der Waals surface area (Å²) < 4.78 is 0. The predicted molar refractivity (Wildman–Crippen MR) is 128 cm³/mol. The van der Waals surface area contributed by atoms with Crippen LogP contribution < -0.4 is 0 Å². The fraction of sp³-hybridized carbons (Fsp3) is 0.286. The first kappa shape index (κ1) is 22.0. The molecule has 4 nitrogen and oxygen atoms in total. The summed E-state index contributed by atoms with van der Waals surface area (Å²) in [5, 5.41) is 0. The lowest BCUT2D eigenvalue weighted by atomic mass is 9.96. The number of rotatable bonds is 7. The normalized spacial score (nSPS) is 14.5. The average Bonchev–Trinajstić information content (AvgIpc) is 2.85. The zero-order valence-corrected chi connectivity index (χ0v) is 18.6. The summed E-state index contributed by atoms with van der Waals surface area (Å²) in [6, 6.07) is 28.8. The second kappa shape index (κ2) is 10.4. The van der Waals surface area contributed by atoms with E-state index in [2.05, 4.69) is 53.4 Å². The first-order valence-corrected chi connectivity index (χ1v) is 11.3. The third kappa shape index (κ3) is 5.32. The summed E-state index contributed by atoms with van der Waals surface area (Å²) in [5.41, 5.74) is 4.34. The second-order valence-electron chi connectivity index (χ2n) is 8.43. The molecule has 1 amide bonds. The number of ketones is 1. The zero-order valence-electron chi connectivity index (χ0n) is 18.6. The molecule has 0 atom stereocenters. The molecule has 32 heavy (non-hydrogen) atoms. The molecule has 4 rings (SSSR count). The molecule has 0 N–H and O–H groups in total. The molecule has 1 aliphatic rings. The quantitative estimate of drug-likeness (QED) is 0.505. The van der Waals surface area contributed by atoms with Gasteiger partial charge in [0.25, 0.3) is 0 Å². The fourth-order valence-electron chi connectivity index (χ4n) is 4.38. The van der Waals surface area contributed by atoms with Crippen LogP contribution in [-0.2, 0) is 4.79 Å². The van der Waals surface area contributed by atoms with Crippen LogP contribution in [0.2, 0.25) is 0 Å². The van der Waals surface area contributed by atoms with Crippen LogP contribution in [0.25, 0.3) is 0 Å². The third-order valence-electron chi connectivity index (χ3n) is 6.20. The van der Waals surface area contributed by atoms with Crippen molar-refractivity contribution in [2.24, 2.45) is 0 Å². The van der Waals surface area contributed by atoms with Gasteiger partial charge in [0.1, 0.15) is 0 Å². The Balaban J connectivity index is 1.35. The number of hydrogen-bond acceptors (Lipinski definition) is 3. The lowest BCUT2D eigenvalue weighted by Crippen LogP contribution is -2.49. The smallest absolute Gasteiger partial charge is 0.223 e. The van der Waals surface area contributed by atoms with Crippen molar-refractivity contribution in [3.63, 3.8) is 0 Å². The van der Waals surface area contributed by atoms with Crippen molar-refractivity contribution in [1.82, 2.24) is 9.80 Å². The lowest BCUT2D eigenvalue weighted by molar-refractivity contribution is -0.133. The minimum absolute atomic E-state index is 0.0326. The SMILES string of the molecule is Cc1ccc(C(=O)CCC(=O)N2CCN(C(c3ccccc3)c3ccccc3)CC2)cc1. The number of nitrogens with zero attached hydrogens (tertiary/aromatic N) is 2. The van der Waals surface area contributed by atoms with Crippen molar-refractivity contribution >= 4 is 11.7 Å². The van der Waals surface area contributed by atoms with Crippen LogP contribution in [-0.4, -0.2) is 47.7 Å². The van der Waals surface area contributed by atoms with Crippen LogP contribution >= 0.6 is 0 Å². The van der Waals surface area contributed by atoms with Gasteiger partial charge in [0.15, 0.2) is 5.78 Å². The van der Waals surface area contributed by atoms with E-state index in [1.165, 1.54) is 11.1 Å². The fourth-order valence-corrected chi connectivity index (χ4v) is 4.38. The van der Waals surface area contributed by atoms with E-state index in [1.54, 1.807) is 0 Å². The molecular formula is C28H30N2O2. The summed E-state index contributed by atoms with van der Waals surface area (Å²) in [4.78, 5) is 29.5. The molecule has 0 spiro atoms. The van der Waals surface area contributed by atoms with Gasteiger partial charge in [-0.05, 0) is 18.1 Å². The average molecular weight is 427 g/mol. The molecule has 3 aromatic rings. The predicted octanol–water partition coefficient (Wildman–Crippen LogP) is 4.89. The number of carbonyl (C=O) groups is 2. The van der Waals surface area contributed by atoms with E-state index in [1.807, 2.05) is 48.2 Å². The van der Waals surface area contributed by atoms with Gasteiger partial charge in [-0.15, -0.1) is 0 Å². The molecule has 0 saturated carbocycles. The van der Waals surface area contributed by atoms with Crippen LogP contribution in [0.15, 0.2) is 84.9 Å². The molecule has 1 heterocycles. The minimum atomic E-state index is 0.0326. The summed E-state index contributed by atoms with van der Waals surface area (Å²) in [7, 11) is 0. The summed E-state index contributed by atoms with van der Waals surface area (Å²) in [6.07, 6.45) is 0.534. The van der Waals surface area contributed by atoms with Gasteiger partial charge in [-0.1, -0.05) is 90.5 Å². The molecule has 0 unspecified atom stereocenters. The number of Topliss-reactive ketones (excluding diaryl/α,β-unsaturated/α-hetero) is 1. The number of piperazine rings is 1. The van der Waals surface area contributed by atoms with Crippen molar-refractivity contribution in [2.45, 2.75) is 25.8 Å². The molecule has 4 heteroatoms. The van der Waals surface area contributed by atoms with Crippen molar-refractivity contribution in [1.29, 1.82) is 0 Å². The Labute approximate surface area is 190 Å². The van der Waals surface area contributed by atoms with Gasteiger partial charge in [-0.3, -0.25) is 14.5 Å². The number of hydrogen-bond donors (Lipinski definition) is 0. The molecule has 164 valence electrons. The molecule has 0 radical (unpaired) electrons. The zero-order chi connectivity index (χ0) is 22.3. The first-order chi connectivity index (χ1) is 15.6. The Morgan fingerprint density at radius 3 is 1.78 bits per heavy atom. The number of amides is 1.